The molecule has 0 aliphatic heterocycles. The Morgan fingerprint density at radius 3 is 1.78 bits per heavy atom. The topological polar surface area (TPSA) is 20.3 Å². The summed E-state index contributed by atoms with van der Waals surface area (Å²) in [6.07, 6.45) is 0. The third kappa shape index (κ3) is 2.79. The van der Waals surface area contributed by atoms with Gasteiger partial charge in [-0.15, -0.1) is 0 Å². The molecule has 0 bridgehead atoms. The summed E-state index contributed by atoms with van der Waals surface area (Å²) in [6.45, 7) is 0. The Morgan fingerprint density at radius 2 is 1.33 bits per heavy atom. The number of carbonyl (C=O) groups is 1. The minimum absolute atomic E-state index is 0.0489. The second-order valence-electron chi connectivity index (χ2n) is 4.28. The lowest BCUT2D eigenvalue weighted by Gasteiger charge is -2.12. The van der Waals surface area contributed by atoms with Crippen LogP contribution in [0.15, 0.2) is 53.0 Å². The van der Waals surface area contributed by atoms with Crippen LogP contribution in [0, 0.1) is 0 Å². The summed E-state index contributed by atoms with van der Waals surface area (Å²) < 4.78 is 0.974. The largest absolute Gasteiger partial charge is 0.378 e. The van der Waals surface area contributed by atoms with E-state index in [0.29, 0.717) is 11.1 Å². The second-order valence-corrected chi connectivity index (χ2v) is 5.19. The van der Waals surface area contributed by atoms with Gasteiger partial charge in [0, 0.05) is 35.4 Å². The van der Waals surface area contributed by atoms with Gasteiger partial charge in [0.05, 0.1) is 0 Å². The van der Waals surface area contributed by atoms with Crippen LogP contribution in [-0.2, 0) is 0 Å². The van der Waals surface area contributed by atoms with Crippen molar-refractivity contribution < 1.29 is 4.79 Å². The Labute approximate surface area is 115 Å². The SMILES string of the molecule is CN(C)c1ccc(C(=O)c2ccc(Br)cc2)cc1. The van der Waals surface area contributed by atoms with E-state index in [1.807, 2.05) is 67.5 Å². The summed E-state index contributed by atoms with van der Waals surface area (Å²) in [6, 6.07) is 15.0. The highest BCUT2D eigenvalue weighted by atomic mass is 79.9. The molecule has 0 aromatic heterocycles. The predicted octanol–water partition coefficient (Wildman–Crippen LogP) is 3.75. The molecule has 0 saturated carbocycles. The van der Waals surface area contributed by atoms with Gasteiger partial charge in [0.25, 0.3) is 0 Å². The molecule has 0 radical (unpaired) electrons. The maximum Gasteiger partial charge on any atom is 0.193 e. The third-order valence-electron chi connectivity index (χ3n) is 2.75. The van der Waals surface area contributed by atoms with Gasteiger partial charge >= 0.3 is 0 Å². The van der Waals surface area contributed by atoms with Crippen LogP contribution >= 0.6 is 15.9 Å². The van der Waals surface area contributed by atoms with Gasteiger partial charge in [0.15, 0.2) is 5.78 Å². The smallest absolute Gasteiger partial charge is 0.193 e. The Kier molecular flexibility index (Phi) is 3.82. The van der Waals surface area contributed by atoms with E-state index in [1.54, 1.807) is 0 Å². The average Bonchev–Trinajstić information content (AvgIpc) is 2.39. The molecule has 0 unspecified atom stereocenters. The molecule has 2 aromatic carbocycles. The van der Waals surface area contributed by atoms with Crippen LogP contribution in [0.25, 0.3) is 0 Å². The molecule has 0 fully saturated rings. The molecule has 0 saturated heterocycles. The van der Waals surface area contributed by atoms with Gasteiger partial charge in [0.1, 0.15) is 0 Å². The first-order valence-electron chi connectivity index (χ1n) is 5.65. The molecule has 2 rings (SSSR count). The van der Waals surface area contributed by atoms with Crippen molar-refractivity contribution in [2.75, 3.05) is 19.0 Å². The molecular formula is C15H14BrNO. The number of hydrogen-bond donors (Lipinski definition) is 0. The maximum atomic E-state index is 12.2. The van der Waals surface area contributed by atoms with E-state index >= 15 is 0 Å². The fourth-order valence-electron chi connectivity index (χ4n) is 1.68. The van der Waals surface area contributed by atoms with Crippen LogP contribution in [0.3, 0.4) is 0 Å². The molecule has 0 spiro atoms. The van der Waals surface area contributed by atoms with Gasteiger partial charge in [-0.1, -0.05) is 15.9 Å². The van der Waals surface area contributed by atoms with Crippen LogP contribution in [0.5, 0.6) is 0 Å². The van der Waals surface area contributed by atoms with Crippen LogP contribution in [0.4, 0.5) is 5.69 Å². The molecule has 2 nitrogen and oxygen atoms in total. The zero-order valence-corrected chi connectivity index (χ0v) is 11.9. The molecule has 0 aliphatic carbocycles. The van der Waals surface area contributed by atoms with Crippen LogP contribution in [-0.4, -0.2) is 19.9 Å². The van der Waals surface area contributed by atoms with Gasteiger partial charge in [-0.05, 0) is 48.5 Å². The Balaban J connectivity index is 2.26. The van der Waals surface area contributed by atoms with E-state index in [9.17, 15) is 4.79 Å². The highest BCUT2D eigenvalue weighted by molar-refractivity contribution is 9.10. The number of benzene rings is 2. The molecule has 0 N–H and O–H groups in total. The lowest BCUT2D eigenvalue weighted by Crippen LogP contribution is -2.09. The van der Waals surface area contributed by atoms with E-state index in [4.69, 9.17) is 0 Å². The highest BCUT2D eigenvalue weighted by Gasteiger charge is 2.08. The zero-order valence-electron chi connectivity index (χ0n) is 10.4. The molecule has 0 amide bonds. The highest BCUT2D eigenvalue weighted by Crippen LogP contribution is 2.17. The van der Waals surface area contributed by atoms with E-state index < -0.39 is 0 Å². The molecule has 18 heavy (non-hydrogen) atoms. The second kappa shape index (κ2) is 5.36. The average molecular weight is 304 g/mol. The molecule has 0 aliphatic rings. The van der Waals surface area contributed by atoms with Gasteiger partial charge in [-0.3, -0.25) is 4.79 Å². The molecule has 0 heterocycles. The van der Waals surface area contributed by atoms with Gasteiger partial charge in [-0.25, -0.2) is 0 Å². The predicted molar refractivity (Wildman–Crippen MR) is 78.3 cm³/mol. The van der Waals surface area contributed by atoms with E-state index in [-0.39, 0.29) is 5.78 Å². The molecule has 92 valence electrons. The fourth-order valence-corrected chi connectivity index (χ4v) is 1.94. The Hall–Kier alpha value is -1.61. The van der Waals surface area contributed by atoms with Crippen molar-refractivity contribution in [2.45, 2.75) is 0 Å². The summed E-state index contributed by atoms with van der Waals surface area (Å²) in [5.74, 6) is 0.0489. The van der Waals surface area contributed by atoms with Crippen LogP contribution in [0.1, 0.15) is 15.9 Å². The zero-order chi connectivity index (χ0) is 13.1. The first kappa shape index (κ1) is 12.8. The van der Waals surface area contributed by atoms with Crippen molar-refractivity contribution in [3.8, 4) is 0 Å². The minimum Gasteiger partial charge on any atom is -0.378 e. The number of rotatable bonds is 3. The van der Waals surface area contributed by atoms with Crippen LogP contribution < -0.4 is 4.90 Å². The van der Waals surface area contributed by atoms with Crippen molar-refractivity contribution in [3.63, 3.8) is 0 Å². The van der Waals surface area contributed by atoms with Crippen molar-refractivity contribution in [3.05, 3.63) is 64.1 Å². The number of anilines is 1. The number of halogens is 1. The number of ketones is 1. The van der Waals surface area contributed by atoms with Crippen molar-refractivity contribution >= 4 is 27.4 Å². The summed E-state index contributed by atoms with van der Waals surface area (Å²) in [5, 5.41) is 0. The first-order chi connectivity index (χ1) is 8.58. The lowest BCUT2D eigenvalue weighted by atomic mass is 10.0. The fraction of sp³-hybridized carbons (Fsp3) is 0.133. The summed E-state index contributed by atoms with van der Waals surface area (Å²) in [4.78, 5) is 14.2. The van der Waals surface area contributed by atoms with Crippen molar-refractivity contribution in [1.29, 1.82) is 0 Å². The number of carbonyl (C=O) groups excluding carboxylic acids is 1. The number of hydrogen-bond acceptors (Lipinski definition) is 2. The van der Waals surface area contributed by atoms with Crippen molar-refractivity contribution in [2.24, 2.45) is 0 Å². The Morgan fingerprint density at radius 1 is 0.889 bits per heavy atom. The van der Waals surface area contributed by atoms with Crippen molar-refractivity contribution in [1.82, 2.24) is 0 Å². The monoisotopic (exact) mass is 303 g/mol. The van der Waals surface area contributed by atoms with Gasteiger partial charge in [0.2, 0.25) is 0 Å². The Bertz CT molecular complexity index is 544. The molecular weight excluding hydrogens is 290 g/mol. The molecule has 2 aromatic rings. The van der Waals surface area contributed by atoms with Gasteiger partial charge in [-0.2, -0.15) is 0 Å². The molecule has 3 heteroatoms. The summed E-state index contributed by atoms with van der Waals surface area (Å²) >= 11 is 3.36. The van der Waals surface area contributed by atoms with E-state index in [0.717, 1.165) is 10.2 Å². The lowest BCUT2D eigenvalue weighted by molar-refractivity contribution is 0.103. The maximum absolute atomic E-state index is 12.2. The third-order valence-corrected chi connectivity index (χ3v) is 3.28. The van der Waals surface area contributed by atoms with Gasteiger partial charge < -0.3 is 4.90 Å². The number of nitrogens with zero attached hydrogens (tertiary/aromatic N) is 1. The minimum atomic E-state index is 0.0489. The normalized spacial score (nSPS) is 10.2. The summed E-state index contributed by atoms with van der Waals surface area (Å²) in [5.41, 5.74) is 2.50. The first-order valence-corrected chi connectivity index (χ1v) is 6.45. The molecule has 0 atom stereocenters. The standard InChI is InChI=1S/C15H14BrNO/c1-17(2)14-9-5-12(6-10-14)15(18)11-3-7-13(16)8-4-11/h3-10H,1-2H3. The van der Waals surface area contributed by atoms with E-state index in [2.05, 4.69) is 15.9 Å². The van der Waals surface area contributed by atoms with E-state index in [1.165, 1.54) is 0 Å². The quantitative estimate of drug-likeness (QED) is 0.805. The van der Waals surface area contributed by atoms with Crippen LogP contribution in [0.2, 0.25) is 0 Å². The summed E-state index contributed by atoms with van der Waals surface area (Å²) in [7, 11) is 3.96.